The predicted molar refractivity (Wildman–Crippen MR) is 74.0 cm³/mol. The molecular formula is C13H15ClN2O4. The Bertz CT molecular complexity index is 535. The van der Waals surface area contributed by atoms with Crippen LogP contribution in [0.25, 0.3) is 0 Å². The van der Waals surface area contributed by atoms with Crippen molar-refractivity contribution in [3.8, 4) is 0 Å². The van der Waals surface area contributed by atoms with Crippen molar-refractivity contribution in [2.75, 3.05) is 6.61 Å². The molecule has 1 saturated heterocycles. The number of amides is 1. The second-order valence-corrected chi connectivity index (χ2v) is 5.20. The van der Waals surface area contributed by atoms with Crippen LogP contribution in [0.5, 0.6) is 0 Å². The Morgan fingerprint density at radius 2 is 2.30 bits per heavy atom. The third kappa shape index (κ3) is 3.46. The van der Waals surface area contributed by atoms with E-state index in [4.69, 9.17) is 16.3 Å². The molecule has 2 atom stereocenters. The number of nitro groups is 1. The summed E-state index contributed by atoms with van der Waals surface area (Å²) >= 11 is 5.93. The normalized spacial score (nSPS) is 22.3. The number of hydrogen-bond donors (Lipinski definition) is 1. The van der Waals surface area contributed by atoms with E-state index in [0.717, 1.165) is 12.8 Å². The summed E-state index contributed by atoms with van der Waals surface area (Å²) in [7, 11) is 0. The Labute approximate surface area is 121 Å². The Kier molecular flexibility index (Phi) is 4.57. The highest BCUT2D eigenvalue weighted by atomic mass is 35.5. The molecule has 1 amide bonds. The van der Waals surface area contributed by atoms with Crippen molar-refractivity contribution in [3.05, 3.63) is 38.9 Å². The molecule has 1 heterocycles. The highest BCUT2D eigenvalue weighted by Crippen LogP contribution is 2.23. The summed E-state index contributed by atoms with van der Waals surface area (Å²) in [4.78, 5) is 22.3. The van der Waals surface area contributed by atoms with Crippen LogP contribution in [0.3, 0.4) is 0 Å². The number of nitrogens with zero attached hydrogens (tertiary/aromatic N) is 1. The molecule has 1 aromatic rings. The molecule has 0 aromatic heterocycles. The summed E-state index contributed by atoms with van der Waals surface area (Å²) < 4.78 is 5.40. The number of nitrogens with one attached hydrogen (secondary N) is 1. The van der Waals surface area contributed by atoms with Crippen molar-refractivity contribution in [1.82, 2.24) is 5.32 Å². The van der Waals surface area contributed by atoms with Crippen molar-refractivity contribution in [2.45, 2.75) is 31.9 Å². The van der Waals surface area contributed by atoms with Crippen molar-refractivity contribution < 1.29 is 14.5 Å². The summed E-state index contributed by atoms with van der Waals surface area (Å²) in [6.07, 6.45) is 1.54. The lowest BCUT2D eigenvalue weighted by atomic mass is 10.0. The number of non-ortho nitro benzene ring substituents is 1. The summed E-state index contributed by atoms with van der Waals surface area (Å²) in [5.74, 6) is -0.391. The maximum absolute atomic E-state index is 12.2. The van der Waals surface area contributed by atoms with E-state index in [1.54, 1.807) is 0 Å². The third-order valence-electron chi connectivity index (χ3n) is 3.23. The number of benzene rings is 1. The second-order valence-electron chi connectivity index (χ2n) is 4.80. The van der Waals surface area contributed by atoms with Gasteiger partial charge < -0.3 is 10.1 Å². The molecule has 2 unspecified atom stereocenters. The monoisotopic (exact) mass is 298 g/mol. The molecule has 108 valence electrons. The van der Waals surface area contributed by atoms with Gasteiger partial charge in [-0.05, 0) is 25.8 Å². The van der Waals surface area contributed by atoms with Crippen LogP contribution in [0.1, 0.15) is 30.1 Å². The fraction of sp³-hybridized carbons (Fsp3) is 0.462. The number of carbonyl (C=O) groups excluding carboxylic acids is 1. The van der Waals surface area contributed by atoms with E-state index in [1.165, 1.54) is 18.2 Å². The van der Waals surface area contributed by atoms with Gasteiger partial charge in [-0.2, -0.15) is 0 Å². The average Bonchev–Trinajstić information content (AvgIpc) is 2.38. The molecular weight excluding hydrogens is 284 g/mol. The van der Waals surface area contributed by atoms with E-state index in [2.05, 4.69) is 5.32 Å². The number of rotatable bonds is 3. The quantitative estimate of drug-likeness (QED) is 0.687. The summed E-state index contributed by atoms with van der Waals surface area (Å²) in [5, 5.41) is 13.8. The second kappa shape index (κ2) is 6.19. The van der Waals surface area contributed by atoms with Gasteiger partial charge in [-0.25, -0.2) is 0 Å². The molecule has 0 aliphatic carbocycles. The van der Waals surface area contributed by atoms with Gasteiger partial charge >= 0.3 is 0 Å². The van der Waals surface area contributed by atoms with Gasteiger partial charge in [-0.15, -0.1) is 0 Å². The first-order chi connectivity index (χ1) is 9.47. The molecule has 1 N–H and O–H groups in total. The summed E-state index contributed by atoms with van der Waals surface area (Å²) in [6, 6.07) is 3.83. The van der Waals surface area contributed by atoms with Gasteiger partial charge in [0.25, 0.3) is 11.6 Å². The van der Waals surface area contributed by atoms with Crippen LogP contribution in [-0.2, 0) is 4.74 Å². The zero-order valence-corrected chi connectivity index (χ0v) is 11.7. The Balaban J connectivity index is 2.12. The first kappa shape index (κ1) is 14.7. The van der Waals surface area contributed by atoms with Crippen LogP contribution >= 0.6 is 11.6 Å². The minimum absolute atomic E-state index is 0.00146. The summed E-state index contributed by atoms with van der Waals surface area (Å²) in [5.41, 5.74) is -0.0279. The minimum Gasteiger partial charge on any atom is -0.378 e. The molecule has 0 bridgehead atoms. The first-order valence-electron chi connectivity index (χ1n) is 6.34. The van der Waals surface area contributed by atoms with E-state index >= 15 is 0 Å². The lowest BCUT2D eigenvalue weighted by molar-refractivity contribution is -0.384. The van der Waals surface area contributed by atoms with Crippen molar-refractivity contribution in [1.29, 1.82) is 0 Å². The molecule has 6 nitrogen and oxygen atoms in total. The highest BCUT2D eigenvalue weighted by molar-refractivity contribution is 6.33. The molecule has 0 spiro atoms. The molecule has 1 fully saturated rings. The number of carbonyl (C=O) groups is 1. The van der Waals surface area contributed by atoms with Gasteiger partial charge in [-0.3, -0.25) is 14.9 Å². The van der Waals surface area contributed by atoms with Gasteiger partial charge in [0.05, 0.1) is 21.6 Å². The minimum atomic E-state index is -0.552. The zero-order valence-electron chi connectivity index (χ0n) is 11.0. The van der Waals surface area contributed by atoms with Gasteiger partial charge in [0.1, 0.15) is 0 Å². The standard InChI is InChI=1S/C13H15ClN2O4/c1-8-6-9(4-5-20-8)15-13(17)11-7-10(16(18)19)2-3-12(11)14/h2-3,7-9H,4-6H2,1H3,(H,15,17). The fourth-order valence-electron chi connectivity index (χ4n) is 2.19. The maximum Gasteiger partial charge on any atom is 0.270 e. The Morgan fingerprint density at radius 3 is 2.95 bits per heavy atom. The van der Waals surface area contributed by atoms with Crippen LogP contribution in [0, 0.1) is 10.1 Å². The molecule has 20 heavy (non-hydrogen) atoms. The van der Waals surface area contributed by atoms with Crippen LogP contribution in [0.15, 0.2) is 18.2 Å². The van der Waals surface area contributed by atoms with Crippen LogP contribution in [-0.4, -0.2) is 29.6 Å². The summed E-state index contributed by atoms with van der Waals surface area (Å²) in [6.45, 7) is 2.54. The Morgan fingerprint density at radius 1 is 1.55 bits per heavy atom. The number of ether oxygens (including phenoxy) is 1. The molecule has 0 radical (unpaired) electrons. The SMILES string of the molecule is CC1CC(NC(=O)c2cc([N+](=O)[O-])ccc2Cl)CCO1. The molecule has 1 aliphatic heterocycles. The predicted octanol–water partition coefficient (Wildman–Crippen LogP) is 2.55. The van der Waals surface area contributed by atoms with E-state index in [9.17, 15) is 14.9 Å². The van der Waals surface area contributed by atoms with E-state index < -0.39 is 10.8 Å². The van der Waals surface area contributed by atoms with Gasteiger partial charge in [0, 0.05) is 24.8 Å². The van der Waals surface area contributed by atoms with Gasteiger partial charge in [0.2, 0.25) is 0 Å². The fourth-order valence-corrected chi connectivity index (χ4v) is 2.40. The van der Waals surface area contributed by atoms with Gasteiger partial charge in [0.15, 0.2) is 0 Å². The van der Waals surface area contributed by atoms with E-state index in [0.29, 0.717) is 6.61 Å². The third-order valence-corrected chi connectivity index (χ3v) is 3.56. The molecule has 7 heteroatoms. The molecule has 2 rings (SSSR count). The lowest BCUT2D eigenvalue weighted by Gasteiger charge is -2.28. The Hall–Kier alpha value is -1.66. The first-order valence-corrected chi connectivity index (χ1v) is 6.71. The largest absolute Gasteiger partial charge is 0.378 e. The van der Waals surface area contributed by atoms with Crippen LogP contribution in [0.2, 0.25) is 5.02 Å². The average molecular weight is 299 g/mol. The topological polar surface area (TPSA) is 81.5 Å². The molecule has 0 saturated carbocycles. The van der Waals surface area contributed by atoms with Crippen LogP contribution in [0.4, 0.5) is 5.69 Å². The molecule has 1 aliphatic rings. The number of hydrogen-bond acceptors (Lipinski definition) is 4. The maximum atomic E-state index is 12.2. The zero-order chi connectivity index (χ0) is 14.7. The lowest BCUT2D eigenvalue weighted by Crippen LogP contribution is -2.41. The smallest absolute Gasteiger partial charge is 0.270 e. The van der Waals surface area contributed by atoms with Crippen molar-refractivity contribution in [2.24, 2.45) is 0 Å². The van der Waals surface area contributed by atoms with Crippen molar-refractivity contribution >= 4 is 23.2 Å². The molecule has 1 aromatic carbocycles. The highest BCUT2D eigenvalue weighted by Gasteiger charge is 2.23. The van der Waals surface area contributed by atoms with Crippen LogP contribution < -0.4 is 5.32 Å². The van der Waals surface area contributed by atoms with E-state index in [-0.39, 0.29) is 28.4 Å². The van der Waals surface area contributed by atoms with E-state index in [1.807, 2.05) is 6.92 Å². The van der Waals surface area contributed by atoms with Crippen molar-refractivity contribution in [3.63, 3.8) is 0 Å². The number of nitro benzene ring substituents is 1. The van der Waals surface area contributed by atoms with Gasteiger partial charge in [-0.1, -0.05) is 11.6 Å². The number of halogens is 1.